The summed E-state index contributed by atoms with van der Waals surface area (Å²) < 4.78 is 4.66. The van der Waals surface area contributed by atoms with Crippen molar-refractivity contribution in [2.24, 2.45) is 0 Å². The Morgan fingerprint density at radius 1 is 1.64 bits per heavy atom. The molecule has 0 spiro atoms. The highest BCUT2D eigenvalue weighted by molar-refractivity contribution is 5.76. The molecular formula is C8H17NO5. The van der Waals surface area contributed by atoms with Gasteiger partial charge in [-0.3, -0.25) is 0 Å². The van der Waals surface area contributed by atoms with Crippen LogP contribution in [0.5, 0.6) is 0 Å². The van der Waals surface area contributed by atoms with Gasteiger partial charge in [0, 0.05) is 20.2 Å². The van der Waals surface area contributed by atoms with Gasteiger partial charge in [-0.05, 0) is 6.92 Å². The van der Waals surface area contributed by atoms with Crippen molar-refractivity contribution in [2.75, 3.05) is 26.8 Å². The molecule has 4 N–H and O–H groups in total. The molecule has 2 atom stereocenters. The Bertz CT molecular complexity index is 183. The molecule has 0 heterocycles. The van der Waals surface area contributed by atoms with E-state index in [1.165, 1.54) is 14.0 Å². The SMILES string of the molecule is COCC(O)CNCC(C)(O)C(=O)O. The fourth-order valence-corrected chi connectivity index (χ4v) is 0.809. The van der Waals surface area contributed by atoms with Crippen LogP contribution in [0, 0.1) is 0 Å². The lowest BCUT2D eigenvalue weighted by Crippen LogP contribution is -2.46. The number of hydrogen-bond donors (Lipinski definition) is 4. The number of ether oxygens (including phenoxy) is 1. The Morgan fingerprint density at radius 2 is 2.21 bits per heavy atom. The van der Waals surface area contributed by atoms with Gasteiger partial charge in [0.1, 0.15) is 0 Å². The third-order valence-electron chi connectivity index (χ3n) is 1.67. The van der Waals surface area contributed by atoms with Gasteiger partial charge in [-0.2, -0.15) is 0 Å². The quantitative estimate of drug-likeness (QED) is 0.402. The van der Waals surface area contributed by atoms with Crippen molar-refractivity contribution in [1.82, 2.24) is 5.32 Å². The van der Waals surface area contributed by atoms with Crippen molar-refractivity contribution in [3.63, 3.8) is 0 Å². The molecule has 2 unspecified atom stereocenters. The fourth-order valence-electron chi connectivity index (χ4n) is 0.809. The van der Waals surface area contributed by atoms with Crippen molar-refractivity contribution in [3.8, 4) is 0 Å². The van der Waals surface area contributed by atoms with Crippen LogP contribution in [0.25, 0.3) is 0 Å². The third-order valence-corrected chi connectivity index (χ3v) is 1.67. The standard InChI is InChI=1S/C8H17NO5/c1-8(13,7(11)12)5-9-3-6(10)4-14-2/h6,9-10,13H,3-5H2,1-2H3,(H,11,12). The number of carboxylic acid groups (broad SMARTS) is 1. The van der Waals surface area contributed by atoms with E-state index in [9.17, 15) is 9.90 Å². The molecule has 6 heteroatoms. The number of aliphatic hydroxyl groups is 2. The monoisotopic (exact) mass is 207 g/mol. The van der Waals surface area contributed by atoms with Gasteiger partial charge in [-0.25, -0.2) is 4.79 Å². The van der Waals surface area contributed by atoms with Crippen molar-refractivity contribution < 1.29 is 24.9 Å². The van der Waals surface area contributed by atoms with Crippen LogP contribution >= 0.6 is 0 Å². The van der Waals surface area contributed by atoms with Gasteiger partial charge >= 0.3 is 5.97 Å². The minimum Gasteiger partial charge on any atom is -0.479 e. The zero-order valence-electron chi connectivity index (χ0n) is 8.36. The smallest absolute Gasteiger partial charge is 0.336 e. The number of carboxylic acids is 1. The van der Waals surface area contributed by atoms with Gasteiger partial charge in [-0.15, -0.1) is 0 Å². The first-order chi connectivity index (χ1) is 6.40. The van der Waals surface area contributed by atoms with Gasteiger partial charge < -0.3 is 25.4 Å². The fraction of sp³-hybridized carbons (Fsp3) is 0.875. The molecule has 0 radical (unpaired) electrons. The van der Waals surface area contributed by atoms with Crippen molar-refractivity contribution in [1.29, 1.82) is 0 Å². The van der Waals surface area contributed by atoms with Gasteiger partial charge in [0.15, 0.2) is 5.60 Å². The van der Waals surface area contributed by atoms with Crippen LogP contribution in [0.3, 0.4) is 0 Å². The molecule has 6 nitrogen and oxygen atoms in total. The van der Waals surface area contributed by atoms with Crippen LogP contribution < -0.4 is 5.32 Å². The van der Waals surface area contributed by atoms with E-state index in [1.54, 1.807) is 0 Å². The van der Waals surface area contributed by atoms with Gasteiger partial charge in [-0.1, -0.05) is 0 Å². The second-order valence-corrected chi connectivity index (χ2v) is 3.32. The molecule has 0 amide bonds. The summed E-state index contributed by atoms with van der Waals surface area (Å²) in [5, 5.41) is 29.6. The molecule has 0 aromatic heterocycles. The summed E-state index contributed by atoms with van der Waals surface area (Å²) in [4.78, 5) is 10.4. The molecule has 0 aliphatic rings. The van der Waals surface area contributed by atoms with E-state index in [4.69, 9.17) is 10.2 Å². The lowest BCUT2D eigenvalue weighted by molar-refractivity contribution is -0.156. The Kier molecular flexibility index (Phi) is 5.63. The van der Waals surface area contributed by atoms with Crippen LogP contribution in [0.4, 0.5) is 0 Å². The van der Waals surface area contributed by atoms with E-state index in [2.05, 4.69) is 10.1 Å². The molecule has 0 saturated carbocycles. The Morgan fingerprint density at radius 3 is 2.64 bits per heavy atom. The largest absolute Gasteiger partial charge is 0.479 e. The summed E-state index contributed by atoms with van der Waals surface area (Å²) in [6.07, 6.45) is -0.704. The van der Waals surface area contributed by atoms with E-state index < -0.39 is 17.7 Å². The van der Waals surface area contributed by atoms with Gasteiger partial charge in [0.2, 0.25) is 0 Å². The van der Waals surface area contributed by atoms with E-state index in [-0.39, 0.29) is 19.7 Å². The molecular weight excluding hydrogens is 190 g/mol. The van der Waals surface area contributed by atoms with Crippen LogP contribution in [-0.2, 0) is 9.53 Å². The van der Waals surface area contributed by atoms with E-state index >= 15 is 0 Å². The highest BCUT2D eigenvalue weighted by Gasteiger charge is 2.29. The maximum absolute atomic E-state index is 10.4. The molecule has 0 aromatic rings. The minimum atomic E-state index is -1.81. The third kappa shape index (κ3) is 5.13. The number of rotatable bonds is 7. The topological polar surface area (TPSA) is 99.0 Å². The summed E-state index contributed by atoms with van der Waals surface area (Å²) in [5.41, 5.74) is -1.81. The van der Waals surface area contributed by atoms with Crippen LogP contribution in [0.2, 0.25) is 0 Å². The van der Waals surface area contributed by atoms with Crippen LogP contribution in [0.1, 0.15) is 6.92 Å². The summed E-state index contributed by atoms with van der Waals surface area (Å²) in [6, 6.07) is 0. The molecule has 14 heavy (non-hydrogen) atoms. The maximum Gasteiger partial charge on any atom is 0.336 e. The van der Waals surface area contributed by atoms with E-state index in [0.29, 0.717) is 0 Å². The first kappa shape index (κ1) is 13.3. The molecule has 0 aliphatic heterocycles. The van der Waals surface area contributed by atoms with Crippen molar-refractivity contribution in [2.45, 2.75) is 18.6 Å². The first-order valence-electron chi connectivity index (χ1n) is 4.23. The summed E-state index contributed by atoms with van der Waals surface area (Å²) in [5.74, 6) is -1.30. The first-order valence-corrected chi connectivity index (χ1v) is 4.23. The van der Waals surface area contributed by atoms with E-state index in [0.717, 1.165) is 0 Å². The van der Waals surface area contributed by atoms with E-state index in [1.807, 2.05) is 0 Å². The number of hydrogen-bond acceptors (Lipinski definition) is 5. The molecule has 0 rings (SSSR count). The summed E-state index contributed by atoms with van der Waals surface area (Å²) in [6.45, 7) is 1.41. The van der Waals surface area contributed by atoms with Crippen LogP contribution in [-0.4, -0.2) is 59.8 Å². The lowest BCUT2D eigenvalue weighted by Gasteiger charge is -2.19. The summed E-state index contributed by atoms with van der Waals surface area (Å²) in [7, 11) is 1.45. The highest BCUT2D eigenvalue weighted by Crippen LogP contribution is 2.00. The van der Waals surface area contributed by atoms with Crippen LogP contribution in [0.15, 0.2) is 0 Å². The van der Waals surface area contributed by atoms with Gasteiger partial charge in [0.25, 0.3) is 0 Å². The molecule has 0 aromatic carbocycles. The average Bonchev–Trinajstić information content (AvgIpc) is 2.04. The Labute approximate surface area is 82.5 Å². The molecule has 0 saturated heterocycles. The highest BCUT2D eigenvalue weighted by atomic mass is 16.5. The second-order valence-electron chi connectivity index (χ2n) is 3.32. The number of nitrogens with one attached hydrogen (secondary N) is 1. The lowest BCUT2D eigenvalue weighted by atomic mass is 10.1. The minimum absolute atomic E-state index is 0.122. The molecule has 0 bridgehead atoms. The zero-order chi connectivity index (χ0) is 11.2. The normalized spacial score (nSPS) is 17.4. The maximum atomic E-state index is 10.4. The average molecular weight is 207 g/mol. The van der Waals surface area contributed by atoms with Gasteiger partial charge in [0.05, 0.1) is 12.7 Å². The second kappa shape index (κ2) is 5.92. The number of carbonyl (C=O) groups is 1. The zero-order valence-corrected chi connectivity index (χ0v) is 8.36. The Hall–Kier alpha value is -0.690. The number of aliphatic carboxylic acids is 1. The number of methoxy groups -OCH3 is 1. The number of aliphatic hydroxyl groups excluding tert-OH is 1. The van der Waals surface area contributed by atoms with Crippen molar-refractivity contribution >= 4 is 5.97 Å². The molecule has 84 valence electrons. The predicted octanol–water partition coefficient (Wildman–Crippen LogP) is -1.58. The molecule has 0 fully saturated rings. The summed E-state index contributed by atoms with van der Waals surface area (Å²) >= 11 is 0. The predicted molar refractivity (Wildman–Crippen MR) is 49.0 cm³/mol. The van der Waals surface area contributed by atoms with Crippen molar-refractivity contribution in [3.05, 3.63) is 0 Å². The molecule has 0 aliphatic carbocycles. The Balaban J connectivity index is 3.68.